The van der Waals surface area contributed by atoms with E-state index in [-0.39, 0.29) is 5.54 Å². The molecule has 1 aromatic heterocycles. The summed E-state index contributed by atoms with van der Waals surface area (Å²) in [5.74, 6) is 0.620. The Bertz CT molecular complexity index is 285. The highest BCUT2D eigenvalue weighted by atomic mass is 14.9. The van der Waals surface area contributed by atoms with Crippen molar-refractivity contribution in [3.63, 3.8) is 0 Å². The first-order chi connectivity index (χ1) is 6.27. The number of hydrogen-bond acceptors (Lipinski definition) is 3. The van der Waals surface area contributed by atoms with E-state index in [2.05, 4.69) is 16.9 Å². The second kappa shape index (κ2) is 3.07. The number of hydrogen-bond donors (Lipinski definition) is 1. The molecular weight excluding hydrogens is 162 g/mol. The number of nitrogens with two attached hydrogens (primary N) is 1. The van der Waals surface area contributed by atoms with Crippen LogP contribution >= 0.6 is 0 Å². The second-order valence-electron chi connectivity index (χ2n) is 3.82. The molecule has 3 nitrogen and oxygen atoms in total. The molecule has 0 aliphatic heterocycles. The fourth-order valence-electron chi connectivity index (χ4n) is 1.91. The van der Waals surface area contributed by atoms with Crippen molar-refractivity contribution in [3.8, 4) is 0 Å². The first-order valence-corrected chi connectivity index (χ1v) is 4.82. The molecule has 13 heavy (non-hydrogen) atoms. The summed E-state index contributed by atoms with van der Waals surface area (Å²) in [6.45, 7) is 2.19. The average molecular weight is 177 g/mol. The Morgan fingerprint density at radius 1 is 1.62 bits per heavy atom. The van der Waals surface area contributed by atoms with Crippen LogP contribution in [0.1, 0.15) is 31.9 Å². The molecule has 70 valence electrons. The van der Waals surface area contributed by atoms with Gasteiger partial charge < -0.3 is 5.73 Å². The maximum absolute atomic E-state index is 6.20. The lowest BCUT2D eigenvalue weighted by Gasteiger charge is -2.09. The van der Waals surface area contributed by atoms with Crippen LogP contribution in [0, 0.1) is 5.92 Å². The molecule has 2 rings (SSSR count). The molecule has 0 spiro atoms. The third kappa shape index (κ3) is 1.44. The largest absolute Gasteiger partial charge is 0.320 e. The molecule has 0 bridgehead atoms. The smallest absolute Gasteiger partial charge is 0.0788 e. The Labute approximate surface area is 78.4 Å². The predicted octanol–water partition coefficient (Wildman–Crippen LogP) is 1.45. The molecule has 1 saturated carbocycles. The van der Waals surface area contributed by atoms with Crippen LogP contribution in [0.5, 0.6) is 0 Å². The lowest BCUT2D eigenvalue weighted by molar-refractivity contribution is 0.568. The van der Waals surface area contributed by atoms with Gasteiger partial charge in [0.25, 0.3) is 0 Å². The lowest BCUT2D eigenvalue weighted by atomic mass is 10.1. The summed E-state index contributed by atoms with van der Waals surface area (Å²) >= 11 is 0. The Kier molecular flexibility index (Phi) is 2.04. The molecule has 0 saturated heterocycles. The summed E-state index contributed by atoms with van der Waals surface area (Å²) in [5.41, 5.74) is 6.99. The molecule has 2 unspecified atom stereocenters. The fourth-order valence-corrected chi connectivity index (χ4v) is 1.91. The van der Waals surface area contributed by atoms with Crippen molar-refractivity contribution < 1.29 is 0 Å². The highest BCUT2D eigenvalue weighted by molar-refractivity contribution is 5.22. The maximum Gasteiger partial charge on any atom is 0.0788 e. The van der Waals surface area contributed by atoms with Crippen molar-refractivity contribution in [3.05, 3.63) is 24.3 Å². The summed E-state index contributed by atoms with van der Waals surface area (Å²) in [6, 6.07) is 0. The van der Waals surface area contributed by atoms with Crippen molar-refractivity contribution >= 4 is 0 Å². The van der Waals surface area contributed by atoms with Crippen LogP contribution in [0.25, 0.3) is 0 Å². The monoisotopic (exact) mass is 177 g/mol. The first-order valence-electron chi connectivity index (χ1n) is 4.82. The van der Waals surface area contributed by atoms with Gasteiger partial charge in [-0.15, -0.1) is 0 Å². The van der Waals surface area contributed by atoms with Gasteiger partial charge in [0.05, 0.1) is 17.4 Å². The van der Waals surface area contributed by atoms with Crippen LogP contribution in [0.2, 0.25) is 0 Å². The minimum Gasteiger partial charge on any atom is -0.320 e. The second-order valence-corrected chi connectivity index (χ2v) is 3.82. The molecule has 1 fully saturated rings. The summed E-state index contributed by atoms with van der Waals surface area (Å²) in [7, 11) is 0. The molecular formula is C10H15N3. The van der Waals surface area contributed by atoms with Crippen molar-refractivity contribution in [2.75, 3.05) is 0 Å². The van der Waals surface area contributed by atoms with Crippen molar-refractivity contribution in [1.82, 2.24) is 9.97 Å². The van der Waals surface area contributed by atoms with E-state index in [9.17, 15) is 0 Å². The van der Waals surface area contributed by atoms with E-state index >= 15 is 0 Å². The van der Waals surface area contributed by atoms with Gasteiger partial charge in [0.15, 0.2) is 0 Å². The van der Waals surface area contributed by atoms with Gasteiger partial charge >= 0.3 is 0 Å². The van der Waals surface area contributed by atoms with Crippen LogP contribution in [0.3, 0.4) is 0 Å². The van der Waals surface area contributed by atoms with E-state index in [0.717, 1.165) is 12.1 Å². The summed E-state index contributed by atoms with van der Waals surface area (Å²) in [4.78, 5) is 8.30. The van der Waals surface area contributed by atoms with Gasteiger partial charge in [-0.05, 0) is 18.8 Å². The molecule has 1 heterocycles. The SMILES string of the molecule is CCCC1CC1(N)c1cnccn1. The number of rotatable bonds is 3. The summed E-state index contributed by atoms with van der Waals surface area (Å²) in [5, 5.41) is 0. The number of nitrogens with zero attached hydrogens (tertiary/aromatic N) is 2. The topological polar surface area (TPSA) is 51.8 Å². The molecule has 2 N–H and O–H groups in total. The molecule has 0 amide bonds. The Balaban J connectivity index is 2.11. The molecule has 0 aromatic carbocycles. The highest BCUT2D eigenvalue weighted by Crippen LogP contribution is 2.51. The van der Waals surface area contributed by atoms with E-state index < -0.39 is 0 Å². The molecule has 2 atom stereocenters. The van der Waals surface area contributed by atoms with Gasteiger partial charge in [0.1, 0.15) is 0 Å². The van der Waals surface area contributed by atoms with E-state index in [1.807, 2.05) is 0 Å². The summed E-state index contributed by atoms with van der Waals surface area (Å²) < 4.78 is 0. The Morgan fingerprint density at radius 3 is 3.08 bits per heavy atom. The van der Waals surface area contributed by atoms with E-state index in [1.165, 1.54) is 12.8 Å². The van der Waals surface area contributed by atoms with Gasteiger partial charge in [0, 0.05) is 12.4 Å². The summed E-state index contributed by atoms with van der Waals surface area (Å²) in [6.07, 6.45) is 8.65. The van der Waals surface area contributed by atoms with Gasteiger partial charge in [0.2, 0.25) is 0 Å². The van der Waals surface area contributed by atoms with Crippen LogP contribution in [0.15, 0.2) is 18.6 Å². The van der Waals surface area contributed by atoms with Crippen molar-refractivity contribution in [2.24, 2.45) is 11.7 Å². The van der Waals surface area contributed by atoms with E-state index in [4.69, 9.17) is 5.73 Å². The normalized spacial score (nSPS) is 31.7. The van der Waals surface area contributed by atoms with Gasteiger partial charge in [-0.25, -0.2) is 0 Å². The fraction of sp³-hybridized carbons (Fsp3) is 0.600. The van der Waals surface area contributed by atoms with Crippen molar-refractivity contribution in [1.29, 1.82) is 0 Å². The molecule has 3 heteroatoms. The molecule has 1 aliphatic carbocycles. The molecule has 1 aliphatic rings. The van der Waals surface area contributed by atoms with E-state index in [0.29, 0.717) is 5.92 Å². The quantitative estimate of drug-likeness (QED) is 0.760. The van der Waals surface area contributed by atoms with Crippen LogP contribution < -0.4 is 5.73 Å². The molecule has 0 radical (unpaired) electrons. The standard InChI is InChI=1S/C10H15N3/c1-2-3-8-6-10(8,11)9-7-12-4-5-13-9/h4-5,7-8H,2-3,6,11H2,1H3. The molecule has 1 aromatic rings. The zero-order valence-electron chi connectivity index (χ0n) is 7.90. The zero-order valence-corrected chi connectivity index (χ0v) is 7.90. The first kappa shape index (κ1) is 8.63. The minimum absolute atomic E-state index is 0.162. The lowest BCUT2D eigenvalue weighted by Crippen LogP contribution is -2.23. The third-order valence-electron chi connectivity index (χ3n) is 2.83. The number of aromatic nitrogens is 2. The van der Waals surface area contributed by atoms with Crippen LogP contribution in [0.4, 0.5) is 0 Å². The third-order valence-corrected chi connectivity index (χ3v) is 2.83. The Morgan fingerprint density at radius 2 is 2.46 bits per heavy atom. The highest BCUT2D eigenvalue weighted by Gasteiger charge is 2.52. The van der Waals surface area contributed by atoms with Gasteiger partial charge in [-0.1, -0.05) is 13.3 Å². The average Bonchev–Trinajstić information content (AvgIpc) is 2.81. The van der Waals surface area contributed by atoms with Gasteiger partial charge in [-0.2, -0.15) is 0 Å². The maximum atomic E-state index is 6.20. The Hall–Kier alpha value is -0.960. The van der Waals surface area contributed by atoms with Crippen molar-refractivity contribution in [2.45, 2.75) is 31.7 Å². The van der Waals surface area contributed by atoms with Crippen LogP contribution in [-0.2, 0) is 5.54 Å². The van der Waals surface area contributed by atoms with E-state index in [1.54, 1.807) is 18.6 Å². The van der Waals surface area contributed by atoms with Crippen LogP contribution in [-0.4, -0.2) is 9.97 Å². The predicted molar refractivity (Wildman–Crippen MR) is 50.9 cm³/mol. The minimum atomic E-state index is -0.162. The van der Waals surface area contributed by atoms with Gasteiger partial charge in [-0.3, -0.25) is 9.97 Å². The zero-order chi connectivity index (χ0) is 9.31.